The van der Waals surface area contributed by atoms with Gasteiger partial charge in [0.2, 0.25) is 0 Å². The van der Waals surface area contributed by atoms with Crippen molar-refractivity contribution in [3.63, 3.8) is 0 Å². The van der Waals surface area contributed by atoms with Gasteiger partial charge in [-0.3, -0.25) is 0 Å². The highest BCUT2D eigenvalue weighted by atomic mass is 16.3. The lowest BCUT2D eigenvalue weighted by atomic mass is 9.40. The third-order valence-corrected chi connectivity index (χ3v) is 10.4. The van der Waals surface area contributed by atoms with E-state index in [1.165, 1.54) is 51.4 Å². The summed E-state index contributed by atoms with van der Waals surface area (Å²) in [5.41, 5.74) is 4.41. The van der Waals surface area contributed by atoms with Crippen LogP contribution in [0.25, 0.3) is 0 Å². The van der Waals surface area contributed by atoms with E-state index in [0.29, 0.717) is 28.8 Å². The number of aliphatic hydroxyl groups excluding tert-OH is 2. The van der Waals surface area contributed by atoms with Gasteiger partial charge in [0, 0.05) is 6.61 Å². The fraction of sp³-hybridized carbons (Fsp3) is 0.852. The van der Waals surface area contributed by atoms with E-state index in [0.717, 1.165) is 31.1 Å². The molecule has 0 aromatic rings. The van der Waals surface area contributed by atoms with Crippen LogP contribution >= 0.6 is 0 Å². The Morgan fingerprint density at radius 1 is 1.03 bits per heavy atom. The van der Waals surface area contributed by atoms with Crippen molar-refractivity contribution in [3.8, 4) is 0 Å². The summed E-state index contributed by atoms with van der Waals surface area (Å²) in [6, 6.07) is 0. The van der Waals surface area contributed by atoms with Gasteiger partial charge < -0.3 is 10.2 Å². The molecule has 4 rings (SSSR count). The maximum atomic E-state index is 10.3. The van der Waals surface area contributed by atoms with Crippen molar-refractivity contribution in [2.24, 2.45) is 34.0 Å². The predicted octanol–water partition coefficient (Wildman–Crippen LogP) is 6.43. The average molecular weight is 401 g/mol. The van der Waals surface area contributed by atoms with Gasteiger partial charge in [0.25, 0.3) is 0 Å². The van der Waals surface area contributed by atoms with Gasteiger partial charge in [-0.2, -0.15) is 0 Å². The van der Waals surface area contributed by atoms with E-state index in [2.05, 4.69) is 39.8 Å². The zero-order valence-electron chi connectivity index (χ0n) is 19.3. The van der Waals surface area contributed by atoms with Crippen LogP contribution in [0.1, 0.15) is 98.3 Å². The molecule has 2 saturated carbocycles. The minimum absolute atomic E-state index is 0.114. The Balaban J connectivity index is 1.48. The Morgan fingerprint density at radius 2 is 1.79 bits per heavy atom. The Bertz CT molecular complexity index is 678. The lowest BCUT2D eigenvalue weighted by Crippen LogP contribution is -2.56. The summed E-state index contributed by atoms with van der Waals surface area (Å²) >= 11 is 0. The Morgan fingerprint density at radius 3 is 2.55 bits per heavy atom. The summed E-state index contributed by atoms with van der Waals surface area (Å²) in [5, 5.41) is 19.5. The van der Waals surface area contributed by atoms with Crippen LogP contribution < -0.4 is 0 Å². The van der Waals surface area contributed by atoms with Crippen LogP contribution in [0.5, 0.6) is 0 Å². The first kappa shape index (κ1) is 21.6. The van der Waals surface area contributed by atoms with Crippen molar-refractivity contribution in [3.05, 3.63) is 23.3 Å². The lowest BCUT2D eigenvalue weighted by Gasteiger charge is -2.64. The van der Waals surface area contributed by atoms with Gasteiger partial charge >= 0.3 is 0 Å². The van der Waals surface area contributed by atoms with Crippen molar-refractivity contribution in [1.29, 1.82) is 0 Å². The first-order chi connectivity index (χ1) is 13.7. The van der Waals surface area contributed by atoms with Crippen LogP contribution in [0, 0.1) is 34.0 Å². The van der Waals surface area contributed by atoms with Crippen molar-refractivity contribution in [1.82, 2.24) is 0 Å². The van der Waals surface area contributed by atoms with Crippen LogP contribution in [-0.4, -0.2) is 22.9 Å². The van der Waals surface area contributed by atoms with E-state index in [4.69, 9.17) is 0 Å². The number of hydrogen-bond acceptors (Lipinski definition) is 2. The smallest absolute Gasteiger partial charge is 0.0577 e. The number of allylic oxidation sites excluding steroid dienone is 3. The molecule has 4 aliphatic carbocycles. The molecule has 29 heavy (non-hydrogen) atoms. The summed E-state index contributed by atoms with van der Waals surface area (Å²) in [7, 11) is 0. The molecular weight excluding hydrogens is 356 g/mol. The van der Waals surface area contributed by atoms with E-state index >= 15 is 0 Å². The highest BCUT2D eigenvalue weighted by Gasteiger charge is 2.62. The molecule has 0 spiro atoms. The van der Waals surface area contributed by atoms with Gasteiger partial charge in [-0.05, 0) is 98.2 Å². The second-order valence-corrected chi connectivity index (χ2v) is 11.7. The molecule has 2 fully saturated rings. The molecule has 0 aromatic carbocycles. The third-order valence-electron chi connectivity index (χ3n) is 10.4. The third kappa shape index (κ3) is 3.37. The van der Waals surface area contributed by atoms with E-state index in [1.807, 2.05) is 0 Å². The van der Waals surface area contributed by atoms with Gasteiger partial charge in [0.1, 0.15) is 0 Å². The second kappa shape index (κ2) is 7.83. The largest absolute Gasteiger partial charge is 0.396 e. The van der Waals surface area contributed by atoms with Gasteiger partial charge in [0.05, 0.1) is 6.10 Å². The van der Waals surface area contributed by atoms with E-state index in [1.54, 1.807) is 11.1 Å². The summed E-state index contributed by atoms with van der Waals surface area (Å²) in [4.78, 5) is 0. The molecule has 164 valence electrons. The molecule has 0 aliphatic heterocycles. The number of rotatable bonds is 6. The Kier molecular flexibility index (Phi) is 5.84. The van der Waals surface area contributed by atoms with Gasteiger partial charge in [-0.1, -0.05) is 57.4 Å². The minimum Gasteiger partial charge on any atom is -0.396 e. The zero-order chi connectivity index (χ0) is 20.9. The molecule has 2 N–H and O–H groups in total. The van der Waals surface area contributed by atoms with Gasteiger partial charge in [-0.15, -0.1) is 0 Å². The number of unbranched alkanes of at least 4 members (excludes halogenated alkanes) is 1. The monoisotopic (exact) mass is 400 g/mol. The lowest BCUT2D eigenvalue weighted by molar-refractivity contribution is -0.101. The summed E-state index contributed by atoms with van der Waals surface area (Å²) < 4.78 is 0. The summed E-state index contributed by atoms with van der Waals surface area (Å²) in [6.07, 6.45) is 18.2. The maximum absolute atomic E-state index is 10.3. The molecule has 0 amide bonds. The predicted molar refractivity (Wildman–Crippen MR) is 121 cm³/mol. The molecule has 0 saturated heterocycles. The second-order valence-electron chi connectivity index (χ2n) is 11.7. The van der Waals surface area contributed by atoms with E-state index in [-0.39, 0.29) is 6.10 Å². The van der Waals surface area contributed by atoms with E-state index in [9.17, 15) is 10.2 Å². The topological polar surface area (TPSA) is 40.5 Å². The maximum Gasteiger partial charge on any atom is 0.0577 e. The van der Waals surface area contributed by atoms with Crippen molar-refractivity contribution < 1.29 is 10.2 Å². The first-order valence-corrected chi connectivity index (χ1v) is 12.4. The van der Waals surface area contributed by atoms with Crippen molar-refractivity contribution in [2.45, 2.75) is 104 Å². The molecule has 0 heterocycles. The average Bonchev–Trinajstić information content (AvgIpc) is 3.03. The molecule has 4 aliphatic rings. The summed E-state index contributed by atoms with van der Waals surface area (Å²) in [5.74, 6) is 2.03. The Labute approximate surface area is 178 Å². The highest BCUT2D eigenvalue weighted by Crippen LogP contribution is 2.70. The SMILES string of the molecule is CC(CO)CCCCC1=CCC2C3CC=C4CC(O)CCC4(C)C3(C)CCC12C. The van der Waals surface area contributed by atoms with Crippen LogP contribution in [0.4, 0.5) is 0 Å². The van der Waals surface area contributed by atoms with Crippen LogP contribution in [-0.2, 0) is 0 Å². The molecule has 2 heteroatoms. The Hall–Kier alpha value is -0.600. The molecule has 0 aromatic heterocycles. The van der Waals surface area contributed by atoms with Gasteiger partial charge in [0.15, 0.2) is 0 Å². The molecule has 2 nitrogen and oxygen atoms in total. The molecule has 7 unspecified atom stereocenters. The minimum atomic E-state index is -0.114. The van der Waals surface area contributed by atoms with Crippen LogP contribution in [0.3, 0.4) is 0 Å². The fourth-order valence-electron chi connectivity index (χ4n) is 7.93. The van der Waals surface area contributed by atoms with Crippen molar-refractivity contribution >= 4 is 0 Å². The van der Waals surface area contributed by atoms with Crippen LogP contribution in [0.2, 0.25) is 0 Å². The molecule has 0 bridgehead atoms. The summed E-state index contributed by atoms with van der Waals surface area (Å²) in [6.45, 7) is 10.2. The standard InChI is InChI=1S/C27H44O2/c1-19(18-28)7-5-6-8-20-9-11-23-24-12-10-21-17-22(29)13-14-26(21,3)27(24,4)16-15-25(20,23)2/h9-10,19,22-24,28-29H,5-8,11-18H2,1-4H3. The molecule has 0 radical (unpaired) electrons. The quantitative estimate of drug-likeness (QED) is 0.398. The van der Waals surface area contributed by atoms with Gasteiger partial charge in [-0.25, -0.2) is 0 Å². The number of hydrogen-bond donors (Lipinski definition) is 2. The molecular formula is C27H44O2. The fourth-order valence-corrected chi connectivity index (χ4v) is 7.93. The zero-order valence-corrected chi connectivity index (χ0v) is 19.3. The molecule has 7 atom stereocenters. The first-order valence-electron chi connectivity index (χ1n) is 12.4. The van der Waals surface area contributed by atoms with Crippen molar-refractivity contribution in [2.75, 3.05) is 6.61 Å². The number of fused-ring (bicyclic) bond motifs is 5. The normalized spacial score (nSPS) is 45.0. The number of aliphatic hydroxyl groups is 2. The highest BCUT2D eigenvalue weighted by molar-refractivity contribution is 5.32. The van der Waals surface area contributed by atoms with Crippen LogP contribution in [0.15, 0.2) is 23.3 Å². The van der Waals surface area contributed by atoms with E-state index < -0.39 is 0 Å².